The lowest BCUT2D eigenvalue weighted by atomic mass is 9.65. The quantitative estimate of drug-likeness (QED) is 0.517. The van der Waals surface area contributed by atoms with Crippen LogP contribution in [0.5, 0.6) is 11.5 Å². The second kappa shape index (κ2) is 9.46. The smallest absolute Gasteiger partial charge is 0.254 e. The van der Waals surface area contributed by atoms with E-state index in [-0.39, 0.29) is 42.4 Å². The van der Waals surface area contributed by atoms with Gasteiger partial charge in [0.1, 0.15) is 23.9 Å². The van der Waals surface area contributed by atoms with Crippen LogP contribution in [0.1, 0.15) is 80.6 Å². The molecule has 1 saturated carbocycles. The summed E-state index contributed by atoms with van der Waals surface area (Å²) < 4.78 is 35.3. The van der Waals surface area contributed by atoms with Crippen LogP contribution in [-0.2, 0) is 18.9 Å². The maximum atomic E-state index is 14.0. The molecule has 0 radical (unpaired) electrons. The number of amides is 1. The molecule has 4 bridgehead atoms. The van der Waals surface area contributed by atoms with Crippen LogP contribution in [0.2, 0.25) is 0 Å². The molecule has 5 fully saturated rings. The highest BCUT2D eigenvalue weighted by molar-refractivity contribution is 5.96. The molecule has 7 rings (SSSR count). The fourth-order valence-electron chi connectivity index (χ4n) is 7.70. The van der Waals surface area contributed by atoms with Gasteiger partial charge in [0.05, 0.1) is 18.3 Å². The number of carbonyl (C=O) groups is 1. The van der Waals surface area contributed by atoms with Crippen molar-refractivity contribution in [3.63, 3.8) is 0 Å². The van der Waals surface area contributed by atoms with Crippen LogP contribution in [0.4, 0.5) is 0 Å². The second-order valence-electron chi connectivity index (χ2n) is 11.7. The van der Waals surface area contributed by atoms with Gasteiger partial charge in [-0.05, 0) is 70.9 Å². The van der Waals surface area contributed by atoms with E-state index < -0.39 is 0 Å². The molecular weight excluding hydrogens is 462 g/mol. The van der Waals surface area contributed by atoms with Crippen LogP contribution >= 0.6 is 0 Å². The Balaban J connectivity index is 1.35. The molecule has 0 aromatic heterocycles. The first kappa shape index (κ1) is 24.5. The lowest BCUT2D eigenvalue weighted by Crippen LogP contribution is -2.63. The van der Waals surface area contributed by atoms with Gasteiger partial charge in [-0.2, -0.15) is 0 Å². The fraction of sp³-hybridized carbons (Fsp3) is 0.750. The van der Waals surface area contributed by atoms with E-state index in [0.29, 0.717) is 36.2 Å². The Morgan fingerprint density at radius 1 is 1.00 bits per heavy atom. The molecule has 1 aromatic carbocycles. The van der Waals surface area contributed by atoms with Gasteiger partial charge in [-0.15, -0.1) is 0 Å². The van der Waals surface area contributed by atoms with Crippen LogP contribution in [0, 0.1) is 5.92 Å². The van der Waals surface area contributed by atoms with Gasteiger partial charge in [0.25, 0.3) is 5.91 Å². The maximum absolute atomic E-state index is 14.0. The van der Waals surface area contributed by atoms with Crippen LogP contribution in [0.25, 0.3) is 0 Å². The first-order valence-electron chi connectivity index (χ1n) is 13.4. The lowest BCUT2D eigenvalue weighted by molar-refractivity contribution is -0.169. The van der Waals surface area contributed by atoms with Gasteiger partial charge in [-0.3, -0.25) is 4.79 Å². The van der Waals surface area contributed by atoms with Gasteiger partial charge in [-0.25, -0.2) is 0 Å². The Morgan fingerprint density at radius 2 is 1.69 bits per heavy atom. The molecule has 3 atom stereocenters. The largest absolute Gasteiger partial charge is 0.487 e. The molecule has 8 nitrogen and oxygen atoms in total. The zero-order chi connectivity index (χ0) is 25.0. The number of methoxy groups -OCH3 is 2. The predicted molar refractivity (Wildman–Crippen MR) is 131 cm³/mol. The highest BCUT2D eigenvalue weighted by Gasteiger charge is 2.51. The van der Waals surface area contributed by atoms with Crippen molar-refractivity contribution in [3.8, 4) is 11.5 Å². The van der Waals surface area contributed by atoms with Gasteiger partial charge in [0.2, 0.25) is 0 Å². The third-order valence-electron chi connectivity index (χ3n) is 9.09. The molecule has 0 spiro atoms. The average molecular weight is 502 g/mol. The second-order valence-corrected chi connectivity index (χ2v) is 11.7. The summed E-state index contributed by atoms with van der Waals surface area (Å²) in [5.74, 6) is 2.03. The van der Waals surface area contributed by atoms with Crippen LogP contribution < -0.4 is 9.47 Å². The van der Waals surface area contributed by atoms with Crippen molar-refractivity contribution >= 4 is 5.91 Å². The van der Waals surface area contributed by atoms with Crippen molar-refractivity contribution in [1.82, 2.24) is 4.90 Å². The summed E-state index contributed by atoms with van der Waals surface area (Å²) in [4.78, 5) is 16.1. The Labute approximate surface area is 213 Å². The average Bonchev–Trinajstić information content (AvgIpc) is 2.84. The number of rotatable bonds is 7. The van der Waals surface area contributed by atoms with Gasteiger partial charge in [0.15, 0.2) is 6.79 Å². The van der Waals surface area contributed by atoms with Crippen molar-refractivity contribution in [3.05, 3.63) is 23.3 Å². The third-order valence-corrected chi connectivity index (χ3v) is 9.09. The number of fused-ring (bicyclic) bond motifs is 3. The number of ether oxygens (including phenoxy) is 6. The number of piperidine rings is 2. The molecule has 1 aliphatic carbocycles. The summed E-state index contributed by atoms with van der Waals surface area (Å²) in [5, 5.41) is 0. The van der Waals surface area contributed by atoms with Crippen LogP contribution in [-0.4, -0.2) is 74.6 Å². The van der Waals surface area contributed by atoms with E-state index in [2.05, 4.69) is 18.7 Å². The van der Waals surface area contributed by atoms with E-state index >= 15 is 0 Å². The SMILES string of the molecule is COCOc1cc(C(=O)N2C3CC4CC2CC(C3)O4)cc2c1[C@@H]1C[C@@H](OCOC)CC[C@H]1C(C)(C)O2. The van der Waals surface area contributed by atoms with Gasteiger partial charge >= 0.3 is 0 Å². The molecule has 5 aliphatic heterocycles. The van der Waals surface area contributed by atoms with Crippen molar-refractivity contribution in [2.75, 3.05) is 27.8 Å². The van der Waals surface area contributed by atoms with Gasteiger partial charge in [0, 0.05) is 49.3 Å². The first-order chi connectivity index (χ1) is 17.4. The number of hydrogen-bond donors (Lipinski definition) is 0. The van der Waals surface area contributed by atoms with Gasteiger partial charge < -0.3 is 33.3 Å². The Kier molecular flexibility index (Phi) is 6.43. The van der Waals surface area contributed by atoms with Gasteiger partial charge in [-0.1, -0.05) is 0 Å². The molecule has 1 amide bonds. The molecule has 5 heterocycles. The predicted octanol–water partition coefficient (Wildman–Crippen LogP) is 4.25. The number of carbonyl (C=O) groups excluding carboxylic acids is 1. The zero-order valence-electron chi connectivity index (χ0n) is 21.9. The van der Waals surface area contributed by atoms with Crippen molar-refractivity contribution < 1.29 is 33.2 Å². The van der Waals surface area contributed by atoms with E-state index in [1.54, 1.807) is 14.2 Å². The highest BCUT2D eigenvalue weighted by Crippen LogP contribution is 2.55. The summed E-state index contributed by atoms with van der Waals surface area (Å²) in [5.41, 5.74) is 1.31. The topological polar surface area (TPSA) is 75.7 Å². The van der Waals surface area contributed by atoms with Crippen molar-refractivity contribution in [1.29, 1.82) is 0 Å². The third kappa shape index (κ3) is 4.20. The molecule has 0 N–H and O–H groups in total. The lowest BCUT2D eigenvalue weighted by Gasteiger charge is -2.56. The summed E-state index contributed by atoms with van der Waals surface area (Å²) in [6.07, 6.45) is 7.31. The number of nitrogens with zero attached hydrogens (tertiary/aromatic N) is 1. The normalized spacial score (nSPS) is 35.7. The summed E-state index contributed by atoms with van der Waals surface area (Å²) in [7, 11) is 3.27. The van der Waals surface area contributed by atoms with Crippen LogP contribution in [0.15, 0.2) is 12.1 Å². The number of benzene rings is 1. The molecule has 198 valence electrons. The van der Waals surface area contributed by atoms with Crippen LogP contribution in [0.3, 0.4) is 0 Å². The molecule has 4 saturated heterocycles. The molecular formula is C28H39NO7. The maximum Gasteiger partial charge on any atom is 0.254 e. The van der Waals surface area contributed by atoms with Crippen molar-refractivity contribution in [2.45, 2.75) is 101 Å². The Hall–Kier alpha value is -1.87. The minimum atomic E-state index is -0.357. The zero-order valence-corrected chi connectivity index (χ0v) is 21.9. The molecule has 0 unspecified atom stereocenters. The van der Waals surface area contributed by atoms with E-state index in [1.807, 2.05) is 12.1 Å². The minimum absolute atomic E-state index is 0.0716. The molecule has 6 aliphatic rings. The van der Waals surface area contributed by atoms with E-state index in [9.17, 15) is 4.79 Å². The monoisotopic (exact) mass is 501 g/mol. The summed E-state index contributed by atoms with van der Waals surface area (Å²) in [6, 6.07) is 4.38. The van der Waals surface area contributed by atoms with E-state index in [4.69, 9.17) is 28.4 Å². The fourth-order valence-corrected chi connectivity index (χ4v) is 7.70. The Morgan fingerprint density at radius 3 is 2.36 bits per heavy atom. The first-order valence-corrected chi connectivity index (χ1v) is 13.4. The standard InChI is InChI=1S/C28H39NO7/c1-28(2)23-6-5-19(33-14-31-3)13-22(23)26-24(34-15-32-4)7-16(8-25(26)36-28)27(30)29-17-9-20-11-18(29)12-21(10-17)35-20/h7-8,17-23H,5-6,9-15H2,1-4H3/t17?,18?,19-,20?,21?,22+,23+/m0/s1. The minimum Gasteiger partial charge on any atom is -0.487 e. The number of hydrogen-bond acceptors (Lipinski definition) is 7. The highest BCUT2D eigenvalue weighted by atomic mass is 16.7. The molecule has 1 aromatic rings. The van der Waals surface area contributed by atoms with Crippen molar-refractivity contribution in [2.24, 2.45) is 5.92 Å². The summed E-state index contributed by atoms with van der Waals surface area (Å²) in [6.45, 7) is 4.73. The Bertz CT molecular complexity index is 966. The van der Waals surface area contributed by atoms with E-state index in [1.165, 1.54) is 0 Å². The molecule has 8 heteroatoms. The van der Waals surface area contributed by atoms with E-state index in [0.717, 1.165) is 56.3 Å². The molecule has 36 heavy (non-hydrogen) atoms. The summed E-state index contributed by atoms with van der Waals surface area (Å²) >= 11 is 0.